The number of halogens is 1. The molecular weight excluding hydrogens is 291 g/mol. The Labute approximate surface area is 124 Å². The standard InChI is InChI=1S/C14H11FN4OS/c1-9-17-18-14(21)19(9)16-8-10-6-7-13(20-10)11-4-2-3-5-12(11)15/h2-8H,1H3,(H,18,21)/b16-8-. The molecule has 0 bridgehead atoms. The van der Waals surface area contributed by atoms with E-state index in [0.717, 1.165) is 0 Å². The van der Waals surface area contributed by atoms with E-state index in [9.17, 15) is 4.39 Å². The molecule has 0 unspecified atom stereocenters. The van der Waals surface area contributed by atoms with Crippen LogP contribution in [0.4, 0.5) is 4.39 Å². The quantitative estimate of drug-likeness (QED) is 0.595. The van der Waals surface area contributed by atoms with E-state index in [1.54, 1.807) is 37.3 Å². The van der Waals surface area contributed by atoms with Crippen molar-refractivity contribution in [2.45, 2.75) is 6.92 Å². The third-order valence-corrected chi connectivity index (χ3v) is 3.14. The molecule has 0 aliphatic rings. The Kier molecular flexibility index (Phi) is 3.49. The normalized spacial score (nSPS) is 11.3. The Balaban J connectivity index is 1.90. The molecule has 2 aromatic heterocycles. The van der Waals surface area contributed by atoms with Crippen molar-refractivity contribution in [1.82, 2.24) is 14.9 Å². The monoisotopic (exact) mass is 302 g/mol. The van der Waals surface area contributed by atoms with Crippen LogP contribution in [0.2, 0.25) is 0 Å². The van der Waals surface area contributed by atoms with Gasteiger partial charge in [-0.25, -0.2) is 4.39 Å². The molecular formula is C14H11FN4OS. The van der Waals surface area contributed by atoms with Crippen LogP contribution in [0.25, 0.3) is 11.3 Å². The van der Waals surface area contributed by atoms with Crippen LogP contribution in [0.5, 0.6) is 0 Å². The van der Waals surface area contributed by atoms with Gasteiger partial charge in [0, 0.05) is 0 Å². The number of aromatic nitrogens is 3. The number of aromatic amines is 1. The van der Waals surface area contributed by atoms with Gasteiger partial charge in [-0.05, 0) is 43.4 Å². The second-order valence-corrected chi connectivity index (χ2v) is 4.70. The van der Waals surface area contributed by atoms with E-state index < -0.39 is 0 Å². The summed E-state index contributed by atoms with van der Waals surface area (Å²) in [5, 5.41) is 10.7. The zero-order valence-electron chi connectivity index (χ0n) is 11.1. The Bertz CT molecular complexity index is 862. The number of rotatable bonds is 3. The van der Waals surface area contributed by atoms with Crippen LogP contribution in [0.1, 0.15) is 11.6 Å². The molecule has 5 nitrogen and oxygen atoms in total. The number of benzene rings is 1. The van der Waals surface area contributed by atoms with Crippen LogP contribution in [0, 0.1) is 17.5 Å². The van der Waals surface area contributed by atoms with Gasteiger partial charge in [-0.2, -0.15) is 14.9 Å². The van der Waals surface area contributed by atoms with Gasteiger partial charge in [0.1, 0.15) is 23.2 Å². The minimum atomic E-state index is -0.330. The summed E-state index contributed by atoms with van der Waals surface area (Å²) in [7, 11) is 0. The largest absolute Gasteiger partial charge is 0.455 e. The molecule has 0 radical (unpaired) electrons. The molecule has 0 fully saturated rings. The molecule has 0 spiro atoms. The second-order valence-electron chi connectivity index (χ2n) is 4.31. The fourth-order valence-electron chi connectivity index (χ4n) is 1.85. The molecule has 0 atom stereocenters. The molecule has 3 rings (SSSR count). The van der Waals surface area contributed by atoms with Crippen molar-refractivity contribution >= 4 is 18.4 Å². The summed E-state index contributed by atoms with van der Waals surface area (Å²) in [6.45, 7) is 1.77. The van der Waals surface area contributed by atoms with Gasteiger partial charge in [0.25, 0.3) is 0 Å². The Morgan fingerprint density at radius 3 is 2.86 bits per heavy atom. The second kappa shape index (κ2) is 5.45. The highest BCUT2D eigenvalue weighted by atomic mass is 32.1. The van der Waals surface area contributed by atoms with E-state index in [-0.39, 0.29) is 5.82 Å². The lowest BCUT2D eigenvalue weighted by atomic mass is 10.1. The van der Waals surface area contributed by atoms with Gasteiger partial charge in [0.15, 0.2) is 0 Å². The number of aryl methyl sites for hydroxylation is 1. The van der Waals surface area contributed by atoms with Gasteiger partial charge in [0.2, 0.25) is 4.77 Å². The zero-order valence-corrected chi connectivity index (χ0v) is 11.9. The van der Waals surface area contributed by atoms with Crippen LogP contribution in [-0.4, -0.2) is 21.1 Å². The summed E-state index contributed by atoms with van der Waals surface area (Å²) in [5.74, 6) is 1.25. The number of hydrogen-bond donors (Lipinski definition) is 1. The maximum absolute atomic E-state index is 13.7. The molecule has 3 aromatic rings. The minimum absolute atomic E-state index is 0.330. The molecule has 0 saturated carbocycles. The van der Waals surface area contributed by atoms with Crippen molar-refractivity contribution in [2.75, 3.05) is 0 Å². The summed E-state index contributed by atoms with van der Waals surface area (Å²) in [6.07, 6.45) is 1.50. The van der Waals surface area contributed by atoms with Gasteiger partial charge < -0.3 is 4.42 Å². The number of nitrogens with zero attached hydrogens (tertiary/aromatic N) is 3. The van der Waals surface area contributed by atoms with Crippen LogP contribution in [-0.2, 0) is 0 Å². The Morgan fingerprint density at radius 1 is 1.33 bits per heavy atom. The highest BCUT2D eigenvalue weighted by Crippen LogP contribution is 2.24. The molecule has 0 aliphatic carbocycles. The van der Waals surface area contributed by atoms with Gasteiger partial charge in [-0.1, -0.05) is 12.1 Å². The highest BCUT2D eigenvalue weighted by Gasteiger charge is 2.08. The summed E-state index contributed by atoms with van der Waals surface area (Å²) in [5.41, 5.74) is 0.410. The summed E-state index contributed by atoms with van der Waals surface area (Å²) < 4.78 is 21.1. The van der Waals surface area contributed by atoms with Crippen molar-refractivity contribution in [2.24, 2.45) is 5.10 Å². The maximum atomic E-state index is 13.7. The topological polar surface area (TPSA) is 59.1 Å². The van der Waals surface area contributed by atoms with Gasteiger partial charge >= 0.3 is 0 Å². The van der Waals surface area contributed by atoms with Crippen LogP contribution >= 0.6 is 12.2 Å². The fraction of sp³-hybridized carbons (Fsp3) is 0.0714. The van der Waals surface area contributed by atoms with E-state index in [2.05, 4.69) is 15.3 Å². The molecule has 0 saturated heterocycles. The van der Waals surface area contributed by atoms with E-state index in [1.165, 1.54) is 17.0 Å². The zero-order chi connectivity index (χ0) is 14.8. The van der Waals surface area contributed by atoms with Crippen molar-refractivity contribution < 1.29 is 8.81 Å². The molecule has 0 aliphatic heterocycles. The smallest absolute Gasteiger partial charge is 0.216 e. The van der Waals surface area contributed by atoms with E-state index in [1.807, 2.05) is 0 Å². The highest BCUT2D eigenvalue weighted by molar-refractivity contribution is 7.71. The minimum Gasteiger partial charge on any atom is -0.455 e. The first kappa shape index (κ1) is 13.4. The average Bonchev–Trinajstić information content (AvgIpc) is 3.05. The summed E-state index contributed by atoms with van der Waals surface area (Å²) in [4.78, 5) is 0. The molecule has 7 heteroatoms. The van der Waals surface area contributed by atoms with Crippen molar-refractivity contribution in [3.8, 4) is 11.3 Å². The first-order chi connectivity index (χ1) is 10.1. The van der Waals surface area contributed by atoms with Gasteiger partial charge in [-0.3, -0.25) is 5.10 Å². The Morgan fingerprint density at radius 2 is 2.14 bits per heavy atom. The van der Waals surface area contributed by atoms with Crippen LogP contribution in [0.3, 0.4) is 0 Å². The van der Waals surface area contributed by atoms with Crippen molar-refractivity contribution in [1.29, 1.82) is 0 Å². The predicted octanol–water partition coefficient (Wildman–Crippen LogP) is 3.53. The SMILES string of the molecule is Cc1n[nH]c(=S)n1/N=C\c1ccc(-c2ccccc2F)o1. The summed E-state index contributed by atoms with van der Waals surface area (Å²) in [6, 6.07) is 9.84. The number of furan rings is 1. The van der Waals surface area contributed by atoms with Gasteiger partial charge in [-0.15, -0.1) is 0 Å². The first-order valence-corrected chi connectivity index (χ1v) is 6.59. The molecule has 21 heavy (non-hydrogen) atoms. The van der Waals surface area contributed by atoms with E-state index in [0.29, 0.717) is 27.7 Å². The van der Waals surface area contributed by atoms with Gasteiger partial charge in [0.05, 0.1) is 11.8 Å². The maximum Gasteiger partial charge on any atom is 0.216 e. The lowest BCUT2D eigenvalue weighted by Crippen LogP contribution is -1.92. The predicted molar refractivity (Wildman–Crippen MR) is 79.2 cm³/mol. The molecule has 1 aromatic carbocycles. The number of H-pyrrole nitrogens is 1. The van der Waals surface area contributed by atoms with Crippen LogP contribution in [0.15, 0.2) is 45.9 Å². The van der Waals surface area contributed by atoms with E-state index in [4.69, 9.17) is 16.6 Å². The lowest BCUT2D eigenvalue weighted by molar-refractivity contribution is 0.563. The summed E-state index contributed by atoms with van der Waals surface area (Å²) >= 11 is 5.04. The average molecular weight is 302 g/mol. The first-order valence-electron chi connectivity index (χ1n) is 6.18. The van der Waals surface area contributed by atoms with E-state index >= 15 is 0 Å². The lowest BCUT2D eigenvalue weighted by Gasteiger charge is -1.97. The molecule has 0 amide bonds. The molecule has 2 heterocycles. The number of hydrogen-bond acceptors (Lipinski definition) is 4. The molecule has 1 N–H and O–H groups in total. The number of nitrogens with one attached hydrogen (secondary N) is 1. The third kappa shape index (κ3) is 2.68. The Hall–Kier alpha value is -2.54. The van der Waals surface area contributed by atoms with Crippen molar-refractivity contribution in [3.63, 3.8) is 0 Å². The van der Waals surface area contributed by atoms with Crippen molar-refractivity contribution in [3.05, 3.63) is 58.6 Å². The van der Waals surface area contributed by atoms with Crippen LogP contribution < -0.4 is 0 Å². The fourth-order valence-corrected chi connectivity index (χ4v) is 2.07. The third-order valence-electron chi connectivity index (χ3n) is 2.88. The molecule has 106 valence electrons.